The van der Waals surface area contributed by atoms with Crippen LogP contribution in [-0.4, -0.2) is 47.2 Å². The molecule has 2 N–H and O–H groups in total. The zero-order valence-electron chi connectivity index (χ0n) is 14.5. The Balaban J connectivity index is 2.67. The predicted octanol–water partition coefficient (Wildman–Crippen LogP) is 3.12. The Hall–Kier alpha value is -0.610. The lowest BCUT2D eigenvalue weighted by molar-refractivity contribution is -0.145. The zero-order valence-corrected chi connectivity index (χ0v) is 14.5. The smallest absolute Gasteiger partial charge is 0.323 e. The molecule has 4 nitrogen and oxygen atoms in total. The summed E-state index contributed by atoms with van der Waals surface area (Å²) in [4.78, 5) is 14.1. The molecule has 1 aliphatic carbocycles. The highest BCUT2D eigenvalue weighted by molar-refractivity contribution is 5.78. The van der Waals surface area contributed by atoms with Gasteiger partial charge in [0.05, 0.1) is 0 Å². The van der Waals surface area contributed by atoms with Crippen molar-refractivity contribution in [2.24, 2.45) is 5.92 Å². The summed E-state index contributed by atoms with van der Waals surface area (Å²) >= 11 is 0. The number of rotatable bonds is 8. The van der Waals surface area contributed by atoms with Crippen LogP contribution in [0.1, 0.15) is 66.2 Å². The molecule has 21 heavy (non-hydrogen) atoms. The largest absolute Gasteiger partial charge is 0.480 e. The van der Waals surface area contributed by atoms with Gasteiger partial charge in [0, 0.05) is 12.1 Å². The standard InChI is InChI=1S/C17H34N2O2/c1-6-11-18-17(4,16(20)21)12-14(3)19(5)15-10-8-7-9-13(15)2/h13-15,18H,6-12H2,1-5H3,(H,20,21). The maximum Gasteiger partial charge on any atom is 0.323 e. The van der Waals surface area contributed by atoms with Crippen molar-refractivity contribution in [3.8, 4) is 0 Å². The third kappa shape index (κ3) is 4.96. The van der Waals surface area contributed by atoms with E-state index in [4.69, 9.17) is 0 Å². The normalized spacial score (nSPS) is 27.3. The minimum absolute atomic E-state index is 0.265. The van der Waals surface area contributed by atoms with E-state index in [1.807, 2.05) is 6.92 Å². The average molecular weight is 298 g/mol. The van der Waals surface area contributed by atoms with E-state index in [1.54, 1.807) is 0 Å². The maximum absolute atomic E-state index is 11.6. The summed E-state index contributed by atoms with van der Waals surface area (Å²) in [5.74, 6) is -0.0289. The van der Waals surface area contributed by atoms with E-state index in [0.29, 0.717) is 18.4 Å². The van der Waals surface area contributed by atoms with Crippen molar-refractivity contribution in [1.82, 2.24) is 10.2 Å². The van der Waals surface area contributed by atoms with Crippen molar-refractivity contribution in [3.63, 3.8) is 0 Å². The van der Waals surface area contributed by atoms with E-state index in [1.165, 1.54) is 25.7 Å². The first-order valence-electron chi connectivity index (χ1n) is 8.52. The van der Waals surface area contributed by atoms with Crippen molar-refractivity contribution < 1.29 is 9.90 Å². The summed E-state index contributed by atoms with van der Waals surface area (Å²) in [6.45, 7) is 9.13. The highest BCUT2D eigenvalue weighted by Gasteiger charge is 2.37. The summed E-state index contributed by atoms with van der Waals surface area (Å²) in [5.41, 5.74) is -0.832. The Morgan fingerprint density at radius 3 is 2.57 bits per heavy atom. The number of carboxylic acid groups (broad SMARTS) is 1. The number of nitrogens with zero attached hydrogens (tertiary/aromatic N) is 1. The molecule has 1 saturated carbocycles. The molecule has 0 saturated heterocycles. The van der Waals surface area contributed by atoms with Gasteiger partial charge in [-0.1, -0.05) is 26.7 Å². The van der Waals surface area contributed by atoms with Gasteiger partial charge in [0.25, 0.3) is 0 Å². The van der Waals surface area contributed by atoms with Crippen LogP contribution in [-0.2, 0) is 4.79 Å². The molecular formula is C17H34N2O2. The number of carbonyl (C=O) groups is 1. The van der Waals surface area contributed by atoms with E-state index in [0.717, 1.165) is 13.0 Å². The molecule has 0 aliphatic heterocycles. The number of carboxylic acids is 1. The molecule has 0 aromatic carbocycles. The number of nitrogens with one attached hydrogen (secondary N) is 1. The molecule has 0 spiro atoms. The Morgan fingerprint density at radius 2 is 2.05 bits per heavy atom. The molecule has 4 unspecified atom stereocenters. The summed E-state index contributed by atoms with van der Waals surface area (Å²) in [6, 6.07) is 0.860. The van der Waals surface area contributed by atoms with Gasteiger partial charge >= 0.3 is 5.97 Å². The van der Waals surface area contributed by atoms with E-state index in [9.17, 15) is 9.90 Å². The number of aliphatic carboxylic acids is 1. The first kappa shape index (κ1) is 18.4. The average Bonchev–Trinajstić information content (AvgIpc) is 2.44. The SMILES string of the molecule is CCCNC(C)(CC(C)N(C)C1CCCCC1C)C(=O)O. The third-order valence-corrected chi connectivity index (χ3v) is 5.23. The molecule has 0 bridgehead atoms. The fourth-order valence-corrected chi connectivity index (χ4v) is 3.60. The van der Waals surface area contributed by atoms with Gasteiger partial charge in [0.1, 0.15) is 5.54 Å². The van der Waals surface area contributed by atoms with Crippen LogP contribution in [0, 0.1) is 5.92 Å². The molecule has 0 aromatic rings. The van der Waals surface area contributed by atoms with Crippen LogP contribution in [0.2, 0.25) is 0 Å². The van der Waals surface area contributed by atoms with Gasteiger partial charge in [0.15, 0.2) is 0 Å². The van der Waals surface area contributed by atoms with Gasteiger partial charge < -0.3 is 15.3 Å². The summed E-state index contributed by atoms with van der Waals surface area (Å²) in [7, 11) is 2.17. The van der Waals surface area contributed by atoms with Crippen LogP contribution in [0.25, 0.3) is 0 Å². The summed E-state index contributed by atoms with van der Waals surface area (Å²) in [6.07, 6.45) is 6.77. The molecule has 0 aromatic heterocycles. The number of hydrogen-bond acceptors (Lipinski definition) is 3. The minimum atomic E-state index is -0.832. The van der Waals surface area contributed by atoms with Crippen LogP contribution in [0.5, 0.6) is 0 Å². The Bertz CT molecular complexity index is 335. The minimum Gasteiger partial charge on any atom is -0.480 e. The molecular weight excluding hydrogens is 264 g/mol. The molecule has 124 valence electrons. The third-order valence-electron chi connectivity index (χ3n) is 5.23. The fraction of sp³-hybridized carbons (Fsp3) is 0.941. The Labute approximate surface area is 130 Å². The Morgan fingerprint density at radius 1 is 1.43 bits per heavy atom. The first-order chi connectivity index (χ1) is 9.81. The van der Waals surface area contributed by atoms with E-state index < -0.39 is 11.5 Å². The van der Waals surface area contributed by atoms with Crippen molar-refractivity contribution in [2.75, 3.05) is 13.6 Å². The predicted molar refractivity (Wildman–Crippen MR) is 87.6 cm³/mol. The Kier molecular flexibility index (Phi) is 7.14. The van der Waals surface area contributed by atoms with Gasteiger partial charge in [0.2, 0.25) is 0 Å². The van der Waals surface area contributed by atoms with E-state index in [-0.39, 0.29) is 6.04 Å². The van der Waals surface area contributed by atoms with Crippen molar-refractivity contribution in [3.05, 3.63) is 0 Å². The second-order valence-corrected chi connectivity index (χ2v) is 7.11. The molecule has 4 atom stereocenters. The van der Waals surface area contributed by atoms with Gasteiger partial charge in [-0.15, -0.1) is 0 Å². The molecule has 1 fully saturated rings. The lowest BCUT2D eigenvalue weighted by atomic mass is 9.83. The quantitative estimate of drug-likeness (QED) is 0.723. The van der Waals surface area contributed by atoms with Crippen LogP contribution in [0.4, 0.5) is 0 Å². The highest BCUT2D eigenvalue weighted by Crippen LogP contribution is 2.30. The van der Waals surface area contributed by atoms with Crippen LogP contribution in [0.3, 0.4) is 0 Å². The monoisotopic (exact) mass is 298 g/mol. The molecule has 1 aliphatic rings. The number of hydrogen-bond donors (Lipinski definition) is 2. The lowest BCUT2D eigenvalue weighted by Crippen LogP contribution is -2.55. The highest BCUT2D eigenvalue weighted by atomic mass is 16.4. The van der Waals surface area contributed by atoms with Gasteiger partial charge in [-0.05, 0) is 59.0 Å². The molecule has 0 radical (unpaired) electrons. The zero-order chi connectivity index (χ0) is 16.0. The van der Waals surface area contributed by atoms with E-state index >= 15 is 0 Å². The van der Waals surface area contributed by atoms with Crippen LogP contribution >= 0.6 is 0 Å². The van der Waals surface area contributed by atoms with Crippen LogP contribution in [0.15, 0.2) is 0 Å². The van der Waals surface area contributed by atoms with Gasteiger partial charge in [-0.2, -0.15) is 0 Å². The van der Waals surface area contributed by atoms with Crippen LogP contribution < -0.4 is 5.32 Å². The van der Waals surface area contributed by atoms with Crippen molar-refractivity contribution >= 4 is 5.97 Å². The molecule has 4 heteroatoms. The summed E-state index contributed by atoms with van der Waals surface area (Å²) in [5, 5.41) is 12.8. The second-order valence-electron chi connectivity index (χ2n) is 7.11. The second kappa shape index (κ2) is 8.14. The molecule has 0 amide bonds. The maximum atomic E-state index is 11.6. The first-order valence-corrected chi connectivity index (χ1v) is 8.52. The van der Waals surface area contributed by atoms with E-state index in [2.05, 4.69) is 38.0 Å². The topological polar surface area (TPSA) is 52.6 Å². The summed E-state index contributed by atoms with van der Waals surface area (Å²) < 4.78 is 0. The van der Waals surface area contributed by atoms with Gasteiger partial charge in [-0.25, -0.2) is 0 Å². The van der Waals surface area contributed by atoms with Crippen molar-refractivity contribution in [1.29, 1.82) is 0 Å². The molecule has 0 heterocycles. The van der Waals surface area contributed by atoms with Gasteiger partial charge in [-0.3, -0.25) is 4.79 Å². The fourth-order valence-electron chi connectivity index (χ4n) is 3.60. The van der Waals surface area contributed by atoms with Crippen molar-refractivity contribution in [2.45, 2.75) is 83.8 Å². The molecule has 1 rings (SSSR count). The lowest BCUT2D eigenvalue weighted by Gasteiger charge is -2.42.